The molecule has 2 N–H and O–H groups in total. The molecular formula is C23H26N4O. The Kier molecular flexibility index (Phi) is 5.53. The number of nitrogens with one attached hydrogen (secondary N) is 2. The number of nitrogens with zero attached hydrogens (tertiary/aromatic N) is 2. The van der Waals surface area contributed by atoms with Crippen LogP contribution in [0.5, 0.6) is 0 Å². The van der Waals surface area contributed by atoms with Gasteiger partial charge in [0, 0.05) is 11.6 Å². The molecule has 1 aromatic heterocycles. The van der Waals surface area contributed by atoms with Gasteiger partial charge in [-0.1, -0.05) is 37.3 Å². The van der Waals surface area contributed by atoms with Gasteiger partial charge in [-0.15, -0.1) is 0 Å². The predicted octanol–water partition coefficient (Wildman–Crippen LogP) is 4.15. The van der Waals surface area contributed by atoms with Crippen molar-refractivity contribution >= 4 is 11.6 Å². The molecule has 0 aliphatic carbocycles. The van der Waals surface area contributed by atoms with E-state index in [9.17, 15) is 4.79 Å². The molecule has 3 aromatic rings. The highest BCUT2D eigenvalue weighted by Crippen LogP contribution is 2.30. The molecule has 1 amide bonds. The van der Waals surface area contributed by atoms with E-state index in [0.29, 0.717) is 11.5 Å². The van der Waals surface area contributed by atoms with E-state index < -0.39 is 0 Å². The Morgan fingerprint density at radius 1 is 1.14 bits per heavy atom. The van der Waals surface area contributed by atoms with Gasteiger partial charge in [0.05, 0.1) is 23.1 Å². The van der Waals surface area contributed by atoms with Crippen molar-refractivity contribution in [3.63, 3.8) is 0 Å². The molecule has 4 rings (SSSR count). The van der Waals surface area contributed by atoms with Gasteiger partial charge in [0.1, 0.15) is 0 Å². The number of aromatic nitrogens is 2. The summed E-state index contributed by atoms with van der Waals surface area (Å²) in [6.07, 6.45) is 4.66. The minimum atomic E-state index is -0.0935. The van der Waals surface area contributed by atoms with E-state index in [-0.39, 0.29) is 5.91 Å². The zero-order valence-corrected chi connectivity index (χ0v) is 16.2. The number of carbonyl (C=O) groups is 1. The fourth-order valence-corrected chi connectivity index (χ4v) is 3.86. The number of piperidine rings is 1. The van der Waals surface area contributed by atoms with E-state index in [1.165, 1.54) is 5.56 Å². The van der Waals surface area contributed by atoms with Gasteiger partial charge in [-0.05, 0) is 62.2 Å². The lowest BCUT2D eigenvalue weighted by Crippen LogP contribution is -2.29. The first-order valence-electron chi connectivity index (χ1n) is 10.0. The Bertz CT molecular complexity index is 942. The van der Waals surface area contributed by atoms with Crippen LogP contribution in [0.15, 0.2) is 60.8 Å². The summed E-state index contributed by atoms with van der Waals surface area (Å²) in [5.41, 5.74) is 4.70. The zero-order valence-electron chi connectivity index (χ0n) is 16.2. The maximum atomic E-state index is 13.1. The molecule has 1 aliphatic rings. The Hall–Kier alpha value is -2.92. The van der Waals surface area contributed by atoms with Crippen molar-refractivity contribution < 1.29 is 4.79 Å². The number of para-hydroxylation sites is 1. The molecular weight excluding hydrogens is 348 g/mol. The van der Waals surface area contributed by atoms with Crippen LogP contribution in [0.1, 0.15) is 47.3 Å². The molecule has 0 atom stereocenters. The van der Waals surface area contributed by atoms with Crippen molar-refractivity contribution in [3.8, 4) is 5.69 Å². The summed E-state index contributed by atoms with van der Waals surface area (Å²) in [5.74, 6) is 0.218. The van der Waals surface area contributed by atoms with Gasteiger partial charge in [0.15, 0.2) is 0 Å². The highest BCUT2D eigenvalue weighted by Gasteiger charge is 2.27. The molecule has 0 bridgehead atoms. The number of aryl methyl sites for hydroxylation is 1. The number of benzene rings is 2. The highest BCUT2D eigenvalue weighted by atomic mass is 16.1. The van der Waals surface area contributed by atoms with Crippen LogP contribution in [0.4, 0.5) is 5.69 Å². The van der Waals surface area contributed by atoms with E-state index in [0.717, 1.165) is 49.4 Å². The summed E-state index contributed by atoms with van der Waals surface area (Å²) >= 11 is 0. The Balaban J connectivity index is 1.69. The van der Waals surface area contributed by atoms with Crippen LogP contribution < -0.4 is 10.6 Å². The van der Waals surface area contributed by atoms with Gasteiger partial charge in [-0.3, -0.25) is 4.79 Å². The monoisotopic (exact) mass is 374 g/mol. The van der Waals surface area contributed by atoms with Crippen LogP contribution in [0, 0.1) is 0 Å². The van der Waals surface area contributed by atoms with E-state index in [4.69, 9.17) is 0 Å². The third kappa shape index (κ3) is 3.85. The summed E-state index contributed by atoms with van der Waals surface area (Å²) < 4.78 is 1.94. The molecule has 0 unspecified atom stereocenters. The minimum absolute atomic E-state index is 0.0935. The molecule has 28 heavy (non-hydrogen) atoms. The first-order chi connectivity index (χ1) is 13.8. The fraction of sp³-hybridized carbons (Fsp3) is 0.304. The quantitative estimate of drug-likeness (QED) is 0.705. The van der Waals surface area contributed by atoms with E-state index >= 15 is 0 Å². The second-order valence-electron chi connectivity index (χ2n) is 7.22. The second kappa shape index (κ2) is 8.40. The Morgan fingerprint density at radius 3 is 2.68 bits per heavy atom. The van der Waals surface area contributed by atoms with E-state index in [2.05, 4.69) is 28.7 Å². The topological polar surface area (TPSA) is 59.0 Å². The highest BCUT2D eigenvalue weighted by molar-refractivity contribution is 6.05. The molecule has 0 radical (unpaired) electrons. The number of anilines is 1. The maximum absolute atomic E-state index is 13.1. The Morgan fingerprint density at radius 2 is 1.93 bits per heavy atom. The summed E-state index contributed by atoms with van der Waals surface area (Å²) in [4.78, 5) is 13.1. The SMILES string of the molecule is CCc1cccc(NC(=O)c2cnn(-c3ccccc3)c2C2CCNCC2)c1. The maximum Gasteiger partial charge on any atom is 0.259 e. The lowest BCUT2D eigenvalue weighted by molar-refractivity contribution is 0.102. The average molecular weight is 374 g/mol. The van der Waals surface area contributed by atoms with Gasteiger partial charge >= 0.3 is 0 Å². The average Bonchev–Trinajstić information content (AvgIpc) is 3.20. The lowest BCUT2D eigenvalue weighted by Gasteiger charge is -2.24. The number of rotatable bonds is 5. The fourth-order valence-electron chi connectivity index (χ4n) is 3.86. The first-order valence-corrected chi connectivity index (χ1v) is 10.0. The van der Waals surface area contributed by atoms with Crippen LogP contribution in [-0.2, 0) is 6.42 Å². The van der Waals surface area contributed by atoms with Crippen molar-refractivity contribution in [1.82, 2.24) is 15.1 Å². The van der Waals surface area contributed by atoms with Crippen LogP contribution in [-0.4, -0.2) is 28.8 Å². The van der Waals surface area contributed by atoms with Crippen LogP contribution in [0.25, 0.3) is 5.69 Å². The number of amides is 1. The van der Waals surface area contributed by atoms with E-state index in [1.54, 1.807) is 6.20 Å². The van der Waals surface area contributed by atoms with Gasteiger partial charge in [-0.2, -0.15) is 5.10 Å². The van der Waals surface area contributed by atoms with Crippen molar-refractivity contribution in [2.24, 2.45) is 0 Å². The molecule has 5 heteroatoms. The standard InChI is InChI=1S/C23H26N4O/c1-2-17-7-6-8-19(15-17)26-23(28)21-16-25-27(20-9-4-3-5-10-20)22(21)18-11-13-24-14-12-18/h3-10,15-16,18,24H,2,11-14H2,1H3,(H,26,28). The normalized spacial score (nSPS) is 14.8. The van der Waals surface area contributed by atoms with Gasteiger partial charge in [-0.25, -0.2) is 4.68 Å². The van der Waals surface area contributed by atoms with E-state index in [1.807, 2.05) is 53.2 Å². The second-order valence-corrected chi connectivity index (χ2v) is 7.22. The minimum Gasteiger partial charge on any atom is -0.322 e. The van der Waals surface area contributed by atoms with Crippen molar-refractivity contribution in [2.45, 2.75) is 32.1 Å². The molecule has 2 aromatic carbocycles. The number of hydrogen-bond donors (Lipinski definition) is 2. The van der Waals surface area contributed by atoms with Crippen LogP contribution in [0.3, 0.4) is 0 Å². The third-order valence-electron chi connectivity index (χ3n) is 5.37. The first kappa shape index (κ1) is 18.4. The van der Waals surface area contributed by atoms with Crippen LogP contribution >= 0.6 is 0 Å². The summed E-state index contributed by atoms with van der Waals surface area (Å²) in [7, 11) is 0. The van der Waals surface area contributed by atoms with Crippen molar-refractivity contribution in [1.29, 1.82) is 0 Å². The van der Waals surface area contributed by atoms with Crippen molar-refractivity contribution in [2.75, 3.05) is 18.4 Å². The largest absolute Gasteiger partial charge is 0.322 e. The van der Waals surface area contributed by atoms with Gasteiger partial charge < -0.3 is 10.6 Å². The number of hydrogen-bond acceptors (Lipinski definition) is 3. The predicted molar refractivity (Wildman–Crippen MR) is 112 cm³/mol. The summed E-state index contributed by atoms with van der Waals surface area (Å²) in [6, 6.07) is 18.1. The molecule has 0 spiro atoms. The Labute approximate surface area is 165 Å². The summed E-state index contributed by atoms with van der Waals surface area (Å²) in [5, 5.41) is 11.1. The van der Waals surface area contributed by atoms with Crippen LogP contribution in [0.2, 0.25) is 0 Å². The smallest absolute Gasteiger partial charge is 0.259 e. The molecule has 2 heterocycles. The zero-order chi connectivity index (χ0) is 19.3. The lowest BCUT2D eigenvalue weighted by atomic mass is 9.91. The van der Waals surface area contributed by atoms with Gasteiger partial charge in [0.25, 0.3) is 5.91 Å². The number of carbonyl (C=O) groups excluding carboxylic acids is 1. The summed E-state index contributed by atoms with van der Waals surface area (Å²) in [6.45, 7) is 4.04. The molecule has 5 nitrogen and oxygen atoms in total. The third-order valence-corrected chi connectivity index (χ3v) is 5.37. The van der Waals surface area contributed by atoms with Gasteiger partial charge in [0.2, 0.25) is 0 Å². The molecule has 0 saturated carbocycles. The molecule has 1 aliphatic heterocycles. The molecule has 1 saturated heterocycles. The molecule has 1 fully saturated rings. The van der Waals surface area contributed by atoms with Crippen molar-refractivity contribution in [3.05, 3.63) is 77.6 Å². The molecule has 144 valence electrons.